The maximum absolute atomic E-state index is 11.1. The molecule has 0 aliphatic carbocycles. The fourth-order valence-electron chi connectivity index (χ4n) is 2.13. The van der Waals surface area contributed by atoms with Gasteiger partial charge in [0.25, 0.3) is 0 Å². The number of carboxylic acid groups (broad SMARTS) is 1. The number of fused-ring (bicyclic) bond motifs is 1. The number of ether oxygens (including phenoxy) is 1. The van der Waals surface area contributed by atoms with E-state index in [1.54, 1.807) is 19.5 Å². The molecule has 0 atom stereocenters. The number of anilines is 1. The van der Waals surface area contributed by atoms with E-state index in [-0.39, 0.29) is 0 Å². The normalized spacial score (nSPS) is 10.5. The summed E-state index contributed by atoms with van der Waals surface area (Å²) in [6.45, 7) is 0. The molecule has 0 aliphatic heterocycles. The second-order valence-corrected chi connectivity index (χ2v) is 5.39. The molecule has 5 nitrogen and oxygen atoms in total. The number of nitrogens with one attached hydrogen (secondary N) is 1. The van der Waals surface area contributed by atoms with Crippen LogP contribution in [-0.2, 0) is 0 Å². The minimum Gasteiger partial charge on any atom is -0.497 e. The first-order valence-corrected chi connectivity index (χ1v) is 7.01. The van der Waals surface area contributed by atoms with E-state index in [1.807, 2.05) is 30.3 Å². The predicted octanol–water partition coefficient (Wildman–Crippen LogP) is 4.06. The minimum atomic E-state index is -1.08. The van der Waals surface area contributed by atoms with Crippen LogP contribution in [0.1, 0.15) is 0 Å². The summed E-state index contributed by atoms with van der Waals surface area (Å²) in [5, 5.41) is 12.4. The minimum absolute atomic E-state index is 0.593. The summed E-state index contributed by atoms with van der Waals surface area (Å²) < 4.78 is 6.08. The highest BCUT2D eigenvalue weighted by molar-refractivity contribution is 7.23. The van der Waals surface area contributed by atoms with Gasteiger partial charge in [-0.15, -0.1) is 11.3 Å². The second-order valence-electron chi connectivity index (χ2n) is 4.34. The Bertz CT molecular complexity index is 796. The summed E-state index contributed by atoms with van der Waals surface area (Å²) in [6, 6.07) is 9.32. The lowest BCUT2D eigenvalue weighted by molar-refractivity contribution is 0.210. The van der Waals surface area contributed by atoms with Crippen LogP contribution in [-0.4, -0.2) is 23.3 Å². The highest BCUT2D eigenvalue weighted by atomic mass is 32.1. The molecular formula is C15H12N2O3S. The molecule has 0 spiro atoms. The van der Waals surface area contributed by atoms with Crippen LogP contribution in [0.5, 0.6) is 5.75 Å². The van der Waals surface area contributed by atoms with Gasteiger partial charge in [0.1, 0.15) is 5.75 Å². The summed E-state index contributed by atoms with van der Waals surface area (Å²) in [4.78, 5) is 16.0. The highest BCUT2D eigenvalue weighted by Gasteiger charge is 2.15. The van der Waals surface area contributed by atoms with Crippen molar-refractivity contribution in [3.63, 3.8) is 0 Å². The van der Waals surface area contributed by atoms with Gasteiger partial charge in [-0.25, -0.2) is 4.79 Å². The molecule has 106 valence electrons. The Balaban J connectivity index is 2.17. The van der Waals surface area contributed by atoms with Crippen molar-refractivity contribution in [3.05, 3.63) is 42.7 Å². The van der Waals surface area contributed by atoms with Crippen LogP contribution in [0.25, 0.3) is 20.5 Å². The van der Waals surface area contributed by atoms with Gasteiger partial charge in [-0.05, 0) is 35.9 Å². The van der Waals surface area contributed by atoms with E-state index in [9.17, 15) is 4.79 Å². The van der Waals surface area contributed by atoms with Gasteiger partial charge in [0.15, 0.2) is 0 Å². The van der Waals surface area contributed by atoms with Gasteiger partial charge in [-0.1, -0.05) is 0 Å². The maximum atomic E-state index is 11.1. The Kier molecular flexibility index (Phi) is 3.45. The van der Waals surface area contributed by atoms with E-state index in [2.05, 4.69) is 10.3 Å². The predicted molar refractivity (Wildman–Crippen MR) is 83.3 cm³/mol. The molecule has 2 heterocycles. The number of aromatic nitrogens is 1. The maximum Gasteiger partial charge on any atom is 0.409 e. The van der Waals surface area contributed by atoms with Gasteiger partial charge in [-0.3, -0.25) is 10.3 Å². The zero-order valence-electron chi connectivity index (χ0n) is 11.2. The average molecular weight is 300 g/mol. The van der Waals surface area contributed by atoms with Crippen LogP contribution in [0.2, 0.25) is 0 Å². The van der Waals surface area contributed by atoms with Crippen molar-refractivity contribution in [1.82, 2.24) is 4.98 Å². The molecule has 0 bridgehead atoms. The molecule has 2 aromatic heterocycles. The van der Waals surface area contributed by atoms with Gasteiger partial charge in [0, 0.05) is 17.8 Å². The summed E-state index contributed by atoms with van der Waals surface area (Å²) in [7, 11) is 1.61. The number of pyridine rings is 1. The van der Waals surface area contributed by atoms with Crippen LogP contribution in [0.3, 0.4) is 0 Å². The fourth-order valence-corrected chi connectivity index (χ4v) is 3.26. The van der Waals surface area contributed by atoms with Crippen molar-refractivity contribution in [2.75, 3.05) is 12.4 Å². The lowest BCUT2D eigenvalue weighted by atomic mass is 10.1. The first-order valence-electron chi connectivity index (χ1n) is 6.20. The molecule has 0 saturated carbocycles. The van der Waals surface area contributed by atoms with Crippen molar-refractivity contribution in [3.8, 4) is 16.2 Å². The Morgan fingerprint density at radius 2 is 2.05 bits per heavy atom. The molecule has 6 heteroatoms. The molecule has 3 rings (SSSR count). The average Bonchev–Trinajstić information content (AvgIpc) is 2.86. The third-order valence-electron chi connectivity index (χ3n) is 3.08. The van der Waals surface area contributed by atoms with Gasteiger partial charge >= 0.3 is 6.09 Å². The van der Waals surface area contributed by atoms with Crippen molar-refractivity contribution >= 4 is 33.2 Å². The highest BCUT2D eigenvalue weighted by Crippen LogP contribution is 2.42. The van der Waals surface area contributed by atoms with Crippen molar-refractivity contribution < 1.29 is 14.6 Å². The van der Waals surface area contributed by atoms with E-state index in [0.717, 1.165) is 26.3 Å². The largest absolute Gasteiger partial charge is 0.497 e. The van der Waals surface area contributed by atoms with Crippen LogP contribution in [0.15, 0.2) is 42.7 Å². The van der Waals surface area contributed by atoms with Crippen LogP contribution < -0.4 is 10.1 Å². The Labute approximate surface area is 124 Å². The molecule has 1 amide bonds. The molecule has 0 saturated heterocycles. The van der Waals surface area contributed by atoms with E-state index < -0.39 is 6.09 Å². The smallest absolute Gasteiger partial charge is 0.409 e. The standard InChI is InChI=1S/C15H12N2O3S/c1-20-10-4-2-9(3-5-10)14-13(17-15(18)19)11-6-7-16-8-12(11)21-14/h2-8,17H,1H3,(H,18,19). The van der Waals surface area contributed by atoms with Gasteiger partial charge < -0.3 is 9.84 Å². The number of nitrogens with zero attached hydrogens (tertiary/aromatic N) is 1. The SMILES string of the molecule is COc1ccc(-c2sc3cnccc3c2NC(=O)O)cc1. The third-order valence-corrected chi connectivity index (χ3v) is 4.27. The topological polar surface area (TPSA) is 71.5 Å². The van der Waals surface area contributed by atoms with E-state index in [1.165, 1.54) is 11.3 Å². The monoisotopic (exact) mass is 300 g/mol. The number of rotatable bonds is 3. The third kappa shape index (κ3) is 2.53. The Morgan fingerprint density at radius 1 is 1.29 bits per heavy atom. The van der Waals surface area contributed by atoms with E-state index >= 15 is 0 Å². The number of amides is 1. The first kappa shape index (κ1) is 13.4. The van der Waals surface area contributed by atoms with Crippen LogP contribution >= 0.6 is 11.3 Å². The summed E-state index contributed by atoms with van der Waals surface area (Å²) in [6.07, 6.45) is 2.31. The molecule has 0 fully saturated rings. The second kappa shape index (κ2) is 5.41. The fraction of sp³-hybridized carbons (Fsp3) is 0.0667. The van der Waals surface area contributed by atoms with E-state index in [0.29, 0.717) is 5.69 Å². The summed E-state index contributed by atoms with van der Waals surface area (Å²) in [5.74, 6) is 0.759. The zero-order valence-corrected chi connectivity index (χ0v) is 12.0. The number of benzene rings is 1. The molecule has 1 aromatic carbocycles. The van der Waals surface area contributed by atoms with Crippen LogP contribution in [0, 0.1) is 0 Å². The lowest BCUT2D eigenvalue weighted by Gasteiger charge is -2.05. The Morgan fingerprint density at radius 3 is 2.71 bits per heavy atom. The number of methoxy groups -OCH3 is 1. The molecule has 3 aromatic rings. The van der Waals surface area contributed by atoms with Crippen molar-refractivity contribution in [2.24, 2.45) is 0 Å². The summed E-state index contributed by atoms with van der Waals surface area (Å²) >= 11 is 1.50. The number of thiophene rings is 1. The van der Waals surface area contributed by atoms with Crippen molar-refractivity contribution in [1.29, 1.82) is 0 Å². The Hall–Kier alpha value is -2.60. The van der Waals surface area contributed by atoms with Gasteiger partial charge in [0.05, 0.1) is 22.4 Å². The number of hydrogen-bond acceptors (Lipinski definition) is 4. The first-order chi connectivity index (χ1) is 10.2. The van der Waals surface area contributed by atoms with E-state index in [4.69, 9.17) is 9.84 Å². The van der Waals surface area contributed by atoms with Gasteiger partial charge in [-0.2, -0.15) is 0 Å². The van der Waals surface area contributed by atoms with Crippen molar-refractivity contribution in [2.45, 2.75) is 0 Å². The molecule has 0 unspecified atom stereocenters. The number of hydrogen-bond donors (Lipinski definition) is 2. The lowest BCUT2D eigenvalue weighted by Crippen LogP contribution is -2.07. The molecule has 0 radical (unpaired) electrons. The molecule has 21 heavy (non-hydrogen) atoms. The molecule has 0 aliphatic rings. The number of carbonyl (C=O) groups is 1. The zero-order chi connectivity index (χ0) is 14.8. The quantitative estimate of drug-likeness (QED) is 0.765. The molecular weight excluding hydrogens is 288 g/mol. The summed E-state index contributed by atoms with van der Waals surface area (Å²) in [5.41, 5.74) is 1.52. The van der Waals surface area contributed by atoms with Crippen LogP contribution in [0.4, 0.5) is 10.5 Å². The molecule has 2 N–H and O–H groups in total. The van der Waals surface area contributed by atoms with Gasteiger partial charge in [0.2, 0.25) is 0 Å².